The quantitative estimate of drug-likeness (QED) is 0.280. The minimum atomic E-state index is -0.435. The van der Waals surface area contributed by atoms with Crippen LogP contribution in [0.2, 0.25) is 0 Å². The van der Waals surface area contributed by atoms with Crippen molar-refractivity contribution in [1.29, 1.82) is 0 Å². The van der Waals surface area contributed by atoms with Crippen LogP contribution >= 0.6 is 0 Å². The summed E-state index contributed by atoms with van der Waals surface area (Å²) in [4.78, 5) is 25.2. The first-order valence-corrected chi connectivity index (χ1v) is 11.0. The van der Waals surface area contributed by atoms with Crippen molar-refractivity contribution in [3.05, 3.63) is 113 Å². The van der Waals surface area contributed by atoms with Crippen LogP contribution < -0.4 is 5.56 Å². The number of rotatable bonds is 7. The van der Waals surface area contributed by atoms with Crippen molar-refractivity contribution in [1.82, 2.24) is 9.36 Å². The molecule has 0 radical (unpaired) electrons. The average Bonchev–Trinajstić information content (AvgIpc) is 3.17. The van der Waals surface area contributed by atoms with Crippen LogP contribution in [0.25, 0.3) is 16.9 Å². The molecular formula is C27H24N4O4. The van der Waals surface area contributed by atoms with Gasteiger partial charge in [-0.2, -0.15) is 10.2 Å². The molecule has 1 N–H and O–H groups in total. The van der Waals surface area contributed by atoms with Gasteiger partial charge in [-0.3, -0.25) is 4.79 Å². The van der Waals surface area contributed by atoms with Gasteiger partial charge in [0.15, 0.2) is 0 Å². The van der Waals surface area contributed by atoms with E-state index in [9.17, 15) is 14.7 Å². The number of aromatic hydroxyl groups is 1. The molecule has 0 atom stereocenters. The lowest BCUT2D eigenvalue weighted by Crippen LogP contribution is -2.21. The lowest BCUT2D eigenvalue weighted by Gasteiger charge is -2.12. The Kier molecular flexibility index (Phi) is 7.02. The zero-order valence-electron chi connectivity index (χ0n) is 19.3. The first-order chi connectivity index (χ1) is 17.0. The maximum Gasteiger partial charge on any atom is 0.337 e. The zero-order chi connectivity index (χ0) is 24.8. The Bertz CT molecular complexity index is 1430. The minimum Gasteiger partial charge on any atom is -0.493 e. The number of ether oxygens (including phenoxy) is 1. The van der Waals surface area contributed by atoms with Crippen LogP contribution in [0.1, 0.15) is 29.3 Å². The fourth-order valence-electron chi connectivity index (χ4n) is 3.66. The Morgan fingerprint density at radius 1 is 0.914 bits per heavy atom. The Hall–Kier alpha value is -4.72. The minimum absolute atomic E-state index is 0.153. The second-order valence-corrected chi connectivity index (χ2v) is 7.56. The predicted molar refractivity (Wildman–Crippen MR) is 134 cm³/mol. The van der Waals surface area contributed by atoms with Crippen LogP contribution in [-0.2, 0) is 4.74 Å². The predicted octanol–water partition coefficient (Wildman–Crippen LogP) is 5.66. The maximum absolute atomic E-state index is 13.6. The number of carbonyl (C=O) groups is 1. The highest BCUT2D eigenvalue weighted by Crippen LogP contribution is 2.29. The number of aromatic nitrogens is 2. The normalized spacial score (nSPS) is 11.7. The summed E-state index contributed by atoms with van der Waals surface area (Å²) in [5, 5.41) is 19.5. The lowest BCUT2D eigenvalue weighted by molar-refractivity contribution is 0.0600. The summed E-state index contributed by atoms with van der Waals surface area (Å²) < 4.78 is 7.61. The number of hydrogen-bond donors (Lipinski definition) is 1. The molecule has 0 fully saturated rings. The number of para-hydroxylation sites is 2. The molecular weight excluding hydrogens is 444 g/mol. The summed E-state index contributed by atoms with van der Waals surface area (Å²) >= 11 is 0. The van der Waals surface area contributed by atoms with Crippen LogP contribution in [0, 0.1) is 0 Å². The fraction of sp³-hybridized carbons (Fsp3) is 0.111. The van der Waals surface area contributed by atoms with E-state index in [1.54, 1.807) is 36.4 Å². The molecule has 0 saturated heterocycles. The Morgan fingerprint density at radius 3 is 2.03 bits per heavy atom. The van der Waals surface area contributed by atoms with Gasteiger partial charge in [-0.05, 0) is 60.5 Å². The summed E-state index contributed by atoms with van der Waals surface area (Å²) in [6.45, 7) is 1.87. The molecule has 0 spiro atoms. The van der Waals surface area contributed by atoms with Gasteiger partial charge in [-0.15, -0.1) is 0 Å². The van der Waals surface area contributed by atoms with E-state index in [-0.39, 0.29) is 17.0 Å². The molecule has 176 valence electrons. The van der Waals surface area contributed by atoms with Gasteiger partial charge in [0.05, 0.1) is 35.9 Å². The molecule has 4 rings (SSSR count). The third-order valence-electron chi connectivity index (χ3n) is 5.41. The molecule has 4 aromatic rings. The third-order valence-corrected chi connectivity index (χ3v) is 5.41. The van der Waals surface area contributed by atoms with Crippen LogP contribution in [-0.4, -0.2) is 27.5 Å². The summed E-state index contributed by atoms with van der Waals surface area (Å²) in [7, 11) is 1.32. The molecule has 0 amide bonds. The highest BCUT2D eigenvalue weighted by molar-refractivity contribution is 5.89. The summed E-state index contributed by atoms with van der Waals surface area (Å²) in [5.74, 6) is -0.620. The topological polar surface area (TPSA) is 98.2 Å². The standard InChI is InChI=1S/C27H24N4O4/c1-3-19(18-28-29-21-16-14-20(15-17-21)27(34)35-2)24-25(32)30(22-10-6-4-7-11-22)31(26(24)33)23-12-8-5-9-13-23/h4-18,32H,3H2,1-2H3. The van der Waals surface area contributed by atoms with Gasteiger partial charge in [0, 0.05) is 0 Å². The van der Waals surface area contributed by atoms with Crippen molar-refractivity contribution in [2.24, 2.45) is 10.2 Å². The Labute approximate surface area is 202 Å². The van der Waals surface area contributed by atoms with E-state index in [0.29, 0.717) is 34.6 Å². The van der Waals surface area contributed by atoms with Crippen LogP contribution in [0.3, 0.4) is 0 Å². The number of esters is 1. The highest BCUT2D eigenvalue weighted by Gasteiger charge is 2.24. The average molecular weight is 469 g/mol. The number of hydrogen-bond acceptors (Lipinski definition) is 6. The summed E-state index contributed by atoms with van der Waals surface area (Å²) in [6, 6.07) is 24.8. The van der Waals surface area contributed by atoms with E-state index in [0.717, 1.165) is 0 Å². The lowest BCUT2D eigenvalue weighted by atomic mass is 10.1. The van der Waals surface area contributed by atoms with E-state index < -0.39 is 5.97 Å². The monoisotopic (exact) mass is 468 g/mol. The summed E-state index contributed by atoms with van der Waals surface area (Å²) in [5.41, 5.74) is 2.50. The second kappa shape index (κ2) is 10.5. The first kappa shape index (κ1) is 23.4. The summed E-state index contributed by atoms with van der Waals surface area (Å²) in [6.07, 6.45) is 1.91. The SMILES string of the molecule is CCC(=CN=Nc1ccc(C(=O)OC)cc1)c1c(O)n(-c2ccccc2)n(-c2ccccc2)c1=O. The smallest absolute Gasteiger partial charge is 0.337 e. The molecule has 35 heavy (non-hydrogen) atoms. The molecule has 1 heterocycles. The number of methoxy groups -OCH3 is 1. The van der Waals surface area contributed by atoms with Gasteiger partial charge in [0.2, 0.25) is 5.88 Å². The molecule has 8 nitrogen and oxygen atoms in total. The van der Waals surface area contributed by atoms with Crippen molar-refractivity contribution in [3.8, 4) is 17.3 Å². The van der Waals surface area contributed by atoms with Gasteiger partial charge in [0.25, 0.3) is 5.56 Å². The molecule has 0 bridgehead atoms. The molecule has 0 aliphatic rings. The van der Waals surface area contributed by atoms with E-state index in [2.05, 4.69) is 10.2 Å². The third kappa shape index (κ3) is 4.81. The van der Waals surface area contributed by atoms with E-state index in [4.69, 9.17) is 4.74 Å². The van der Waals surface area contributed by atoms with Crippen molar-refractivity contribution < 1.29 is 14.6 Å². The molecule has 0 aliphatic heterocycles. The van der Waals surface area contributed by atoms with Crippen LogP contribution in [0.5, 0.6) is 5.88 Å². The molecule has 0 unspecified atom stereocenters. The van der Waals surface area contributed by atoms with Gasteiger partial charge >= 0.3 is 5.97 Å². The number of carbonyl (C=O) groups excluding carboxylic acids is 1. The number of azo groups is 1. The highest BCUT2D eigenvalue weighted by atomic mass is 16.5. The van der Waals surface area contributed by atoms with E-state index >= 15 is 0 Å². The fourth-order valence-corrected chi connectivity index (χ4v) is 3.66. The first-order valence-electron chi connectivity index (χ1n) is 11.0. The van der Waals surface area contributed by atoms with Gasteiger partial charge < -0.3 is 9.84 Å². The molecule has 8 heteroatoms. The van der Waals surface area contributed by atoms with Crippen LogP contribution in [0.4, 0.5) is 5.69 Å². The van der Waals surface area contributed by atoms with Crippen molar-refractivity contribution >= 4 is 17.2 Å². The van der Waals surface area contributed by atoms with Gasteiger partial charge in [0.1, 0.15) is 5.56 Å². The van der Waals surface area contributed by atoms with E-state index in [1.807, 2.05) is 55.5 Å². The van der Waals surface area contributed by atoms with Crippen molar-refractivity contribution in [2.75, 3.05) is 7.11 Å². The molecule has 0 aliphatic carbocycles. The van der Waals surface area contributed by atoms with Crippen molar-refractivity contribution in [2.45, 2.75) is 13.3 Å². The molecule has 1 aromatic heterocycles. The number of benzene rings is 3. The Morgan fingerprint density at radius 2 is 1.49 bits per heavy atom. The van der Waals surface area contributed by atoms with Crippen molar-refractivity contribution in [3.63, 3.8) is 0 Å². The number of nitrogens with zero attached hydrogens (tertiary/aromatic N) is 4. The van der Waals surface area contributed by atoms with Gasteiger partial charge in [-0.1, -0.05) is 43.3 Å². The van der Waals surface area contributed by atoms with Gasteiger partial charge in [-0.25, -0.2) is 14.2 Å². The number of allylic oxidation sites excluding steroid dienone is 1. The Balaban J connectivity index is 1.77. The molecule has 3 aromatic carbocycles. The second-order valence-electron chi connectivity index (χ2n) is 7.56. The largest absolute Gasteiger partial charge is 0.493 e. The van der Waals surface area contributed by atoms with E-state index in [1.165, 1.54) is 22.7 Å². The maximum atomic E-state index is 13.6. The zero-order valence-corrected chi connectivity index (χ0v) is 19.3. The molecule has 0 saturated carbocycles. The van der Waals surface area contributed by atoms with Crippen LogP contribution in [0.15, 0.2) is 106 Å².